The van der Waals surface area contributed by atoms with Crippen LogP contribution in [0.5, 0.6) is 0 Å². The molecule has 2 aliphatic rings. The number of pyridine rings is 1. The molecule has 4 rings (SSSR count). The minimum absolute atomic E-state index is 0.273. The molecule has 2 aromatic rings. The molecule has 0 atom stereocenters. The molecule has 1 aliphatic carbocycles. The van der Waals surface area contributed by atoms with Crippen LogP contribution in [0.15, 0.2) is 18.3 Å². The van der Waals surface area contributed by atoms with E-state index in [0.717, 1.165) is 37.4 Å². The highest BCUT2D eigenvalue weighted by Gasteiger charge is 2.23. The fourth-order valence-electron chi connectivity index (χ4n) is 3.08. The van der Waals surface area contributed by atoms with E-state index in [1.165, 1.54) is 19.3 Å². The van der Waals surface area contributed by atoms with E-state index in [1.54, 1.807) is 6.20 Å². The quantitative estimate of drug-likeness (QED) is 0.904. The van der Waals surface area contributed by atoms with E-state index in [9.17, 15) is 4.79 Å². The molecule has 0 bridgehead atoms. The van der Waals surface area contributed by atoms with E-state index in [1.807, 2.05) is 12.1 Å². The lowest BCUT2D eigenvalue weighted by Crippen LogP contribution is -2.20. The third kappa shape index (κ3) is 2.91. The molecule has 0 aromatic carbocycles. The summed E-state index contributed by atoms with van der Waals surface area (Å²) in [6.07, 6.45) is 7.60. The fraction of sp³-hybridized carbons (Fsp3) is 0.500. The molecular weight excluding hydrogens is 292 g/mol. The van der Waals surface area contributed by atoms with Gasteiger partial charge >= 0.3 is 0 Å². The molecule has 1 saturated carbocycles. The Morgan fingerprint density at radius 3 is 2.83 bits per heavy atom. The van der Waals surface area contributed by atoms with Gasteiger partial charge in [0.25, 0.3) is 5.91 Å². The lowest BCUT2D eigenvalue weighted by atomic mass is 9.85. The van der Waals surface area contributed by atoms with Gasteiger partial charge in [-0.25, -0.2) is 0 Å². The number of rotatable bonds is 4. The van der Waals surface area contributed by atoms with Crippen molar-refractivity contribution in [2.45, 2.75) is 38.0 Å². The molecule has 2 fully saturated rings. The third-order valence-corrected chi connectivity index (χ3v) is 4.67. The highest BCUT2D eigenvalue weighted by Crippen LogP contribution is 2.34. The summed E-state index contributed by atoms with van der Waals surface area (Å²) in [5.74, 6) is 1.38. The average Bonchev–Trinajstić information content (AvgIpc) is 3.18. The monoisotopic (exact) mass is 312 g/mol. The van der Waals surface area contributed by atoms with Crippen LogP contribution in [0.3, 0.4) is 0 Å². The van der Waals surface area contributed by atoms with Crippen molar-refractivity contribution in [3.8, 4) is 0 Å². The maximum Gasteiger partial charge on any atom is 0.276 e. The minimum atomic E-state index is -0.273. The molecule has 7 nitrogen and oxygen atoms in total. The van der Waals surface area contributed by atoms with Crippen LogP contribution in [-0.4, -0.2) is 39.2 Å². The zero-order valence-corrected chi connectivity index (χ0v) is 13.0. The number of carbonyl (C=O) groups excluding carboxylic acids is 1. The molecule has 1 aliphatic heterocycles. The summed E-state index contributed by atoms with van der Waals surface area (Å²) in [5, 5.41) is 9.72. The number of hydrogen-bond donors (Lipinski definition) is 2. The van der Waals surface area contributed by atoms with Crippen LogP contribution in [0, 0.1) is 0 Å². The summed E-state index contributed by atoms with van der Waals surface area (Å²) in [6.45, 7) is 2.08. The first kappa shape index (κ1) is 14.2. The standard InChI is InChI=1S/C16H20N6O/c23-15(19-16-18-14(20-21-16)11-4-3-5-11)13-10-12(6-7-17-13)22-8-1-2-9-22/h6-7,10-11H,1-5,8-9H2,(H2,18,19,20,21,23). The van der Waals surface area contributed by atoms with Crippen molar-refractivity contribution in [2.24, 2.45) is 0 Å². The van der Waals surface area contributed by atoms with Gasteiger partial charge in [-0.1, -0.05) is 6.42 Å². The van der Waals surface area contributed by atoms with E-state index < -0.39 is 0 Å². The summed E-state index contributed by atoms with van der Waals surface area (Å²) in [4.78, 5) is 23.2. The normalized spacial score (nSPS) is 18.0. The second kappa shape index (κ2) is 5.98. The van der Waals surface area contributed by atoms with Gasteiger partial charge in [-0.05, 0) is 37.8 Å². The first-order valence-electron chi connectivity index (χ1n) is 8.24. The fourth-order valence-corrected chi connectivity index (χ4v) is 3.08. The second-order valence-electron chi connectivity index (χ2n) is 6.22. The molecule has 7 heteroatoms. The van der Waals surface area contributed by atoms with Crippen molar-refractivity contribution in [2.75, 3.05) is 23.3 Å². The average molecular weight is 312 g/mol. The van der Waals surface area contributed by atoms with Crippen LogP contribution in [0.2, 0.25) is 0 Å². The SMILES string of the molecule is O=C(Nc1n[nH]c(C2CCC2)n1)c1cc(N2CCCC2)ccn1. The van der Waals surface area contributed by atoms with E-state index in [2.05, 4.69) is 30.4 Å². The van der Waals surface area contributed by atoms with Gasteiger partial charge in [0.05, 0.1) is 0 Å². The van der Waals surface area contributed by atoms with Crippen molar-refractivity contribution >= 4 is 17.5 Å². The Morgan fingerprint density at radius 1 is 1.26 bits per heavy atom. The number of nitrogens with zero attached hydrogens (tertiary/aromatic N) is 4. The lowest BCUT2D eigenvalue weighted by molar-refractivity contribution is 0.102. The predicted molar refractivity (Wildman–Crippen MR) is 86.6 cm³/mol. The molecule has 0 spiro atoms. The summed E-state index contributed by atoms with van der Waals surface area (Å²) < 4.78 is 0. The molecule has 2 N–H and O–H groups in total. The number of aromatic nitrogens is 4. The van der Waals surface area contributed by atoms with E-state index >= 15 is 0 Å². The van der Waals surface area contributed by atoms with Crippen LogP contribution < -0.4 is 10.2 Å². The van der Waals surface area contributed by atoms with Gasteiger partial charge in [0.2, 0.25) is 5.95 Å². The van der Waals surface area contributed by atoms with Crippen molar-refractivity contribution in [3.63, 3.8) is 0 Å². The van der Waals surface area contributed by atoms with Crippen molar-refractivity contribution in [1.82, 2.24) is 20.2 Å². The molecule has 2 aromatic heterocycles. The van der Waals surface area contributed by atoms with Crippen LogP contribution in [-0.2, 0) is 0 Å². The van der Waals surface area contributed by atoms with E-state index in [-0.39, 0.29) is 5.91 Å². The zero-order valence-electron chi connectivity index (χ0n) is 13.0. The maximum atomic E-state index is 12.4. The summed E-state index contributed by atoms with van der Waals surface area (Å²) in [6, 6.07) is 3.78. The molecule has 0 unspecified atom stereocenters. The molecule has 120 valence electrons. The van der Waals surface area contributed by atoms with Gasteiger partial charge < -0.3 is 4.90 Å². The van der Waals surface area contributed by atoms with Gasteiger partial charge in [-0.15, -0.1) is 5.10 Å². The van der Waals surface area contributed by atoms with Gasteiger partial charge in [0.1, 0.15) is 11.5 Å². The van der Waals surface area contributed by atoms with Gasteiger partial charge in [0, 0.05) is 30.9 Å². The zero-order chi connectivity index (χ0) is 15.6. The van der Waals surface area contributed by atoms with Gasteiger partial charge in [-0.2, -0.15) is 4.98 Å². The van der Waals surface area contributed by atoms with E-state index in [0.29, 0.717) is 17.6 Å². The molecule has 1 saturated heterocycles. The maximum absolute atomic E-state index is 12.4. The van der Waals surface area contributed by atoms with Crippen molar-refractivity contribution < 1.29 is 4.79 Å². The first-order chi connectivity index (χ1) is 11.3. The summed E-state index contributed by atoms with van der Waals surface area (Å²) in [5.41, 5.74) is 1.44. The number of anilines is 2. The third-order valence-electron chi connectivity index (χ3n) is 4.67. The van der Waals surface area contributed by atoms with Gasteiger partial charge in [-0.3, -0.25) is 20.2 Å². The number of nitrogens with one attached hydrogen (secondary N) is 2. The lowest BCUT2D eigenvalue weighted by Gasteiger charge is -2.22. The van der Waals surface area contributed by atoms with Gasteiger partial charge in [0.15, 0.2) is 0 Å². The highest BCUT2D eigenvalue weighted by atomic mass is 16.2. The Labute approximate surface area is 134 Å². The smallest absolute Gasteiger partial charge is 0.276 e. The number of carbonyl (C=O) groups is 1. The molecular formula is C16H20N6O. The number of H-pyrrole nitrogens is 1. The molecule has 23 heavy (non-hydrogen) atoms. The Morgan fingerprint density at radius 2 is 2.09 bits per heavy atom. The van der Waals surface area contributed by atoms with Crippen LogP contribution >= 0.6 is 0 Å². The van der Waals surface area contributed by atoms with Crippen LogP contribution in [0.4, 0.5) is 11.6 Å². The highest BCUT2D eigenvalue weighted by molar-refractivity contribution is 6.02. The summed E-state index contributed by atoms with van der Waals surface area (Å²) in [7, 11) is 0. The molecule has 1 amide bonds. The topological polar surface area (TPSA) is 86.8 Å². The Bertz CT molecular complexity index is 702. The molecule has 0 radical (unpaired) electrons. The number of amides is 1. The van der Waals surface area contributed by atoms with Crippen molar-refractivity contribution in [3.05, 3.63) is 29.8 Å². The predicted octanol–water partition coefficient (Wildman–Crippen LogP) is 2.32. The second-order valence-corrected chi connectivity index (χ2v) is 6.22. The van der Waals surface area contributed by atoms with Crippen LogP contribution in [0.1, 0.15) is 54.3 Å². The first-order valence-corrected chi connectivity index (χ1v) is 8.24. The number of hydrogen-bond acceptors (Lipinski definition) is 5. The number of aromatic amines is 1. The summed E-state index contributed by atoms with van der Waals surface area (Å²) >= 11 is 0. The van der Waals surface area contributed by atoms with Crippen molar-refractivity contribution in [1.29, 1.82) is 0 Å². The van der Waals surface area contributed by atoms with Crippen LogP contribution in [0.25, 0.3) is 0 Å². The Balaban J connectivity index is 1.45. The minimum Gasteiger partial charge on any atom is -0.371 e. The Hall–Kier alpha value is -2.44. The molecule has 3 heterocycles. The largest absolute Gasteiger partial charge is 0.371 e. The Kier molecular flexibility index (Phi) is 3.69. The van der Waals surface area contributed by atoms with E-state index in [4.69, 9.17) is 0 Å².